The summed E-state index contributed by atoms with van der Waals surface area (Å²) in [5.41, 5.74) is 10.00. The van der Waals surface area contributed by atoms with Crippen molar-refractivity contribution in [2.75, 3.05) is 6.54 Å². The number of carboxylic acid groups (broad SMARTS) is 1. The molecule has 0 saturated carbocycles. The molecule has 0 aliphatic rings. The number of carboxylic acids is 1. The predicted octanol–water partition coefficient (Wildman–Crippen LogP) is 0.0317. The highest BCUT2D eigenvalue weighted by molar-refractivity contribution is 5.66. The van der Waals surface area contributed by atoms with Crippen LogP contribution in [0, 0.1) is 5.53 Å². The van der Waals surface area contributed by atoms with Crippen LogP contribution in [0.1, 0.15) is 25.7 Å². The van der Waals surface area contributed by atoms with Crippen LogP contribution >= 0.6 is 0 Å². The predicted molar refractivity (Wildman–Crippen MR) is 38.0 cm³/mol. The summed E-state index contributed by atoms with van der Waals surface area (Å²) >= 11 is 0. The van der Waals surface area contributed by atoms with Gasteiger partial charge in [-0.15, -0.1) is 0 Å². The van der Waals surface area contributed by atoms with E-state index in [-0.39, 0.29) is 6.42 Å². The Labute approximate surface area is 65.3 Å². The Bertz CT molecular complexity index is 127. The molecule has 0 saturated heterocycles. The fourth-order valence-corrected chi connectivity index (χ4v) is 0.700. The second-order valence-corrected chi connectivity index (χ2v) is 2.20. The average molecular weight is 159 g/mol. The summed E-state index contributed by atoms with van der Waals surface area (Å²) in [7, 11) is 0. The van der Waals surface area contributed by atoms with Crippen molar-refractivity contribution in [3.8, 4) is 0 Å². The summed E-state index contributed by atoms with van der Waals surface area (Å²) in [5, 5.41) is 10.2. The van der Waals surface area contributed by atoms with Crippen molar-refractivity contribution in [2.24, 2.45) is 0 Å². The monoisotopic (exact) mass is 159 g/mol. The molecule has 0 aromatic heterocycles. The van der Waals surface area contributed by atoms with Gasteiger partial charge < -0.3 is 5.11 Å². The molecule has 3 N–H and O–H groups in total. The van der Waals surface area contributed by atoms with Crippen molar-refractivity contribution in [1.29, 1.82) is 5.53 Å². The first-order chi connectivity index (χ1) is 5.27. The molecule has 0 aliphatic heterocycles. The molecule has 0 aromatic carbocycles. The third-order valence-corrected chi connectivity index (χ3v) is 1.24. The van der Waals surface area contributed by atoms with E-state index in [9.17, 15) is 4.79 Å². The van der Waals surface area contributed by atoms with Gasteiger partial charge >= 0.3 is 5.97 Å². The lowest BCUT2D eigenvalue weighted by Gasteiger charge is -1.97. The highest BCUT2D eigenvalue weighted by Crippen LogP contribution is 1.99. The number of unbranched alkanes of at least 4 members (excludes halogenated alkanes) is 2. The fourth-order valence-electron chi connectivity index (χ4n) is 0.700. The van der Waals surface area contributed by atoms with Crippen LogP contribution in [0.4, 0.5) is 0 Å². The molecule has 0 bridgehead atoms. The van der Waals surface area contributed by atoms with Crippen LogP contribution in [0.15, 0.2) is 0 Å². The molecule has 0 rings (SSSR count). The molecule has 0 amide bonds. The van der Waals surface area contributed by atoms with Gasteiger partial charge in [-0.05, 0) is 12.8 Å². The van der Waals surface area contributed by atoms with Gasteiger partial charge in [0.25, 0.3) is 0 Å². The third-order valence-electron chi connectivity index (χ3n) is 1.24. The lowest BCUT2D eigenvalue weighted by molar-refractivity contribution is -0.505. The number of hydrogen-bond donors (Lipinski definition) is 3. The molecule has 5 heteroatoms. The maximum absolute atomic E-state index is 10.0. The van der Waals surface area contributed by atoms with Crippen LogP contribution in [0.25, 0.3) is 5.43 Å². The van der Waals surface area contributed by atoms with Gasteiger partial charge in [-0.3, -0.25) is 4.79 Å². The van der Waals surface area contributed by atoms with E-state index in [1.54, 1.807) is 0 Å². The Morgan fingerprint density at radius 2 is 2.18 bits per heavy atom. The van der Waals surface area contributed by atoms with Crippen molar-refractivity contribution in [3.05, 3.63) is 5.43 Å². The number of rotatable bonds is 7. The number of carbonyl (C=O) groups is 1. The maximum atomic E-state index is 10.0. The summed E-state index contributed by atoms with van der Waals surface area (Å²) in [6.07, 6.45) is 2.63. The molecule has 64 valence electrons. The van der Waals surface area contributed by atoms with E-state index in [0.717, 1.165) is 12.8 Å². The van der Waals surface area contributed by atoms with Gasteiger partial charge in [-0.25, -0.2) is 11.0 Å². The van der Waals surface area contributed by atoms with Crippen molar-refractivity contribution in [1.82, 2.24) is 0 Å². The molecule has 0 fully saturated rings. The highest BCUT2D eigenvalue weighted by Gasteiger charge is 1.94. The number of hydrogen-bond acceptors (Lipinski definition) is 2. The van der Waals surface area contributed by atoms with Gasteiger partial charge in [0.1, 0.15) is 0 Å². The van der Waals surface area contributed by atoms with E-state index in [1.165, 1.54) is 0 Å². The lowest BCUT2D eigenvalue weighted by Crippen LogP contribution is -2.57. The second kappa shape index (κ2) is 6.98. The van der Waals surface area contributed by atoms with Crippen LogP contribution in [0.5, 0.6) is 0 Å². The van der Waals surface area contributed by atoms with E-state index in [4.69, 9.17) is 10.6 Å². The Kier molecular flexibility index (Phi) is 6.27. The van der Waals surface area contributed by atoms with Crippen LogP contribution < -0.4 is 5.22 Å². The second-order valence-electron chi connectivity index (χ2n) is 2.20. The van der Waals surface area contributed by atoms with Crippen molar-refractivity contribution in [3.63, 3.8) is 0 Å². The number of aliphatic carboxylic acids is 1. The maximum Gasteiger partial charge on any atom is 0.303 e. The molecule has 0 aromatic rings. The van der Waals surface area contributed by atoms with Crippen molar-refractivity contribution < 1.29 is 15.1 Å². The zero-order chi connectivity index (χ0) is 8.53. The largest absolute Gasteiger partial charge is 0.481 e. The minimum atomic E-state index is -0.749. The van der Waals surface area contributed by atoms with Crippen LogP contribution in [-0.2, 0) is 4.79 Å². The van der Waals surface area contributed by atoms with Crippen LogP contribution in [-0.4, -0.2) is 17.6 Å². The number of nitrogens with zero attached hydrogens (tertiary/aromatic N) is 1. The van der Waals surface area contributed by atoms with E-state index in [2.05, 4.69) is 5.43 Å². The first kappa shape index (κ1) is 9.87. The molecular formula is C6H13N3O2. The molecule has 0 unspecified atom stereocenters. The molecule has 0 aliphatic carbocycles. The smallest absolute Gasteiger partial charge is 0.303 e. The minimum Gasteiger partial charge on any atom is -0.481 e. The molecule has 0 radical (unpaired) electrons. The van der Waals surface area contributed by atoms with E-state index >= 15 is 0 Å². The highest BCUT2D eigenvalue weighted by atomic mass is 16.4. The summed E-state index contributed by atoms with van der Waals surface area (Å²) in [5.74, 6) is -0.749. The molecule has 0 atom stereocenters. The van der Waals surface area contributed by atoms with Gasteiger partial charge in [0.15, 0.2) is 0 Å². The van der Waals surface area contributed by atoms with E-state index in [0.29, 0.717) is 13.0 Å². The Hall–Kier alpha value is -1.13. The summed E-state index contributed by atoms with van der Waals surface area (Å²) in [6, 6.07) is 0. The minimum absolute atomic E-state index is 0.230. The molecule has 11 heavy (non-hydrogen) atoms. The zero-order valence-electron chi connectivity index (χ0n) is 6.34. The average Bonchev–Trinajstić information content (AvgIpc) is 1.96. The SMILES string of the molecule is N=[NH+][N-]CCCCCC(=O)O. The standard InChI is InChI=1S/C6H13N3O2/c7-9-8-5-3-1-2-4-6(10)11/h9H,1-5H2,(H2-,7,8,10,11). The van der Waals surface area contributed by atoms with Gasteiger partial charge in [0, 0.05) is 13.0 Å². The first-order valence-corrected chi connectivity index (χ1v) is 3.57. The molecule has 5 nitrogen and oxygen atoms in total. The van der Waals surface area contributed by atoms with Gasteiger partial charge in [-0.1, -0.05) is 6.42 Å². The van der Waals surface area contributed by atoms with Gasteiger partial charge in [0.2, 0.25) is 0 Å². The summed E-state index contributed by atoms with van der Waals surface area (Å²) < 4.78 is 0. The normalized spacial score (nSPS) is 9.09. The third kappa shape index (κ3) is 8.87. The Morgan fingerprint density at radius 3 is 2.73 bits per heavy atom. The van der Waals surface area contributed by atoms with Crippen molar-refractivity contribution >= 4 is 5.97 Å². The fraction of sp³-hybridized carbons (Fsp3) is 0.833. The Morgan fingerprint density at radius 1 is 1.45 bits per heavy atom. The van der Waals surface area contributed by atoms with Gasteiger partial charge in [0.05, 0.1) is 0 Å². The van der Waals surface area contributed by atoms with Crippen molar-refractivity contribution in [2.45, 2.75) is 25.7 Å². The Balaban J connectivity index is 2.90. The first-order valence-electron chi connectivity index (χ1n) is 3.57. The zero-order valence-corrected chi connectivity index (χ0v) is 6.34. The summed E-state index contributed by atoms with van der Waals surface area (Å²) in [6.45, 7) is 0.586. The molecule has 0 spiro atoms. The summed E-state index contributed by atoms with van der Waals surface area (Å²) in [4.78, 5) is 10.0. The quantitative estimate of drug-likeness (QED) is 0.278. The van der Waals surface area contributed by atoms with Crippen LogP contribution in [0.2, 0.25) is 0 Å². The number of nitrogens with one attached hydrogen (secondary N) is 2. The molecular weight excluding hydrogens is 146 g/mol. The van der Waals surface area contributed by atoms with E-state index in [1.807, 2.05) is 5.22 Å². The van der Waals surface area contributed by atoms with Crippen LogP contribution in [0.3, 0.4) is 0 Å². The van der Waals surface area contributed by atoms with E-state index < -0.39 is 5.97 Å². The molecule has 0 heterocycles. The van der Waals surface area contributed by atoms with Gasteiger partial charge in [-0.2, -0.15) is 5.22 Å². The lowest BCUT2D eigenvalue weighted by atomic mass is 10.2. The topological polar surface area (TPSA) is 89.2 Å².